The van der Waals surface area contributed by atoms with Gasteiger partial charge in [-0.05, 0) is 37.8 Å². The van der Waals surface area contributed by atoms with Gasteiger partial charge >= 0.3 is 0 Å². The first-order valence-corrected chi connectivity index (χ1v) is 6.26. The van der Waals surface area contributed by atoms with E-state index in [0.29, 0.717) is 11.7 Å². The highest BCUT2D eigenvalue weighted by atomic mass is 16.6. The molecule has 0 saturated heterocycles. The minimum absolute atomic E-state index is 0.0218. The van der Waals surface area contributed by atoms with Crippen LogP contribution < -0.4 is 10.2 Å². The average Bonchev–Trinajstić information content (AvgIpc) is 3.27. The predicted molar refractivity (Wildman–Crippen MR) is 72.6 cm³/mol. The zero-order valence-electron chi connectivity index (χ0n) is 11.0. The molecule has 7 nitrogen and oxygen atoms in total. The van der Waals surface area contributed by atoms with E-state index in [1.165, 1.54) is 24.3 Å². The van der Waals surface area contributed by atoms with Gasteiger partial charge < -0.3 is 4.74 Å². The molecule has 106 valence electrons. The maximum Gasteiger partial charge on any atom is 0.277 e. The first-order valence-electron chi connectivity index (χ1n) is 6.26. The van der Waals surface area contributed by atoms with Crippen molar-refractivity contribution in [3.05, 3.63) is 34.4 Å². The fraction of sp³-hybridized carbons (Fsp3) is 0.385. The molecule has 0 heterocycles. The number of non-ortho nitro benzene ring substituents is 1. The molecule has 1 aliphatic rings. The Kier molecular flexibility index (Phi) is 4.29. The maximum atomic E-state index is 11.5. The number of rotatable bonds is 6. The van der Waals surface area contributed by atoms with Gasteiger partial charge in [0.05, 0.1) is 4.92 Å². The Bertz CT molecular complexity index is 535. The van der Waals surface area contributed by atoms with E-state index in [0.717, 1.165) is 18.6 Å². The topological polar surface area (TPSA) is 93.8 Å². The number of ether oxygens (including phenoxy) is 1. The predicted octanol–water partition coefficient (Wildman–Crippen LogP) is 1.88. The second kappa shape index (κ2) is 6.14. The van der Waals surface area contributed by atoms with E-state index < -0.39 is 4.92 Å². The third-order valence-electron chi connectivity index (χ3n) is 2.94. The monoisotopic (exact) mass is 277 g/mol. The van der Waals surface area contributed by atoms with E-state index >= 15 is 0 Å². The van der Waals surface area contributed by atoms with Gasteiger partial charge in [-0.2, -0.15) is 5.10 Å². The molecule has 1 amide bonds. The zero-order valence-corrected chi connectivity index (χ0v) is 11.0. The highest BCUT2D eigenvalue weighted by Crippen LogP contribution is 2.30. The van der Waals surface area contributed by atoms with Gasteiger partial charge in [0.1, 0.15) is 5.75 Å². The zero-order chi connectivity index (χ0) is 14.5. The molecule has 0 unspecified atom stereocenters. The van der Waals surface area contributed by atoms with Gasteiger partial charge in [0, 0.05) is 17.8 Å². The fourth-order valence-corrected chi connectivity index (χ4v) is 1.59. The van der Waals surface area contributed by atoms with Crippen molar-refractivity contribution in [3.63, 3.8) is 0 Å². The third-order valence-corrected chi connectivity index (χ3v) is 2.94. The molecule has 1 saturated carbocycles. The molecule has 0 bridgehead atoms. The van der Waals surface area contributed by atoms with Crippen molar-refractivity contribution in [2.45, 2.75) is 19.8 Å². The number of nitrogens with one attached hydrogen (secondary N) is 1. The lowest BCUT2D eigenvalue weighted by atomic mass is 10.3. The summed E-state index contributed by atoms with van der Waals surface area (Å²) in [5.41, 5.74) is 3.32. The number of hydrogen-bond acceptors (Lipinski definition) is 5. The van der Waals surface area contributed by atoms with Crippen molar-refractivity contribution in [3.8, 4) is 5.75 Å². The summed E-state index contributed by atoms with van der Waals surface area (Å²) in [6.07, 6.45) is 2.26. The van der Waals surface area contributed by atoms with Gasteiger partial charge in [-0.15, -0.1) is 0 Å². The Morgan fingerprint density at radius 2 is 2.10 bits per heavy atom. The Morgan fingerprint density at radius 3 is 2.65 bits per heavy atom. The molecule has 1 aromatic carbocycles. The molecule has 0 radical (unpaired) electrons. The number of nitro groups is 1. The molecule has 0 aliphatic heterocycles. The number of amides is 1. The highest BCUT2D eigenvalue weighted by Gasteiger charge is 2.24. The van der Waals surface area contributed by atoms with Crippen LogP contribution in [-0.2, 0) is 4.79 Å². The van der Waals surface area contributed by atoms with Crippen LogP contribution in [0.1, 0.15) is 19.8 Å². The number of benzene rings is 1. The fourth-order valence-electron chi connectivity index (χ4n) is 1.59. The summed E-state index contributed by atoms with van der Waals surface area (Å²) in [7, 11) is 0. The van der Waals surface area contributed by atoms with Gasteiger partial charge in [-0.25, -0.2) is 5.43 Å². The molecule has 1 fully saturated rings. The standard InChI is InChI=1S/C13H15N3O4/c1-9(10-2-3-10)14-15-13(17)8-20-12-6-4-11(5-7-12)16(18)19/h4-7,10H,2-3,8H2,1H3,(H,15,17)/b14-9+. The first-order chi connectivity index (χ1) is 9.56. The number of carbonyl (C=O) groups excluding carboxylic acids is 1. The van der Waals surface area contributed by atoms with Crippen LogP contribution in [0.4, 0.5) is 5.69 Å². The molecule has 7 heteroatoms. The van der Waals surface area contributed by atoms with E-state index in [-0.39, 0.29) is 18.2 Å². The van der Waals surface area contributed by atoms with Gasteiger partial charge in [-0.3, -0.25) is 14.9 Å². The van der Waals surface area contributed by atoms with Crippen LogP contribution in [0.5, 0.6) is 5.75 Å². The van der Waals surface area contributed by atoms with Crippen molar-refractivity contribution in [2.75, 3.05) is 6.61 Å². The highest BCUT2D eigenvalue weighted by molar-refractivity contribution is 5.88. The summed E-state index contributed by atoms with van der Waals surface area (Å²) >= 11 is 0. The van der Waals surface area contributed by atoms with Crippen LogP contribution in [-0.4, -0.2) is 23.1 Å². The van der Waals surface area contributed by atoms with Gasteiger partial charge in [0.15, 0.2) is 6.61 Å². The van der Waals surface area contributed by atoms with E-state index in [1.54, 1.807) is 0 Å². The van der Waals surface area contributed by atoms with Crippen LogP contribution >= 0.6 is 0 Å². The number of hydrogen-bond donors (Lipinski definition) is 1. The summed E-state index contributed by atoms with van der Waals surface area (Å²) in [5.74, 6) is 0.544. The van der Waals surface area contributed by atoms with Crippen LogP contribution in [0.15, 0.2) is 29.4 Å². The normalized spacial score (nSPS) is 14.8. The molecule has 1 aromatic rings. The number of carbonyl (C=O) groups is 1. The SMILES string of the molecule is C/C(=N\NC(=O)COc1ccc([N+](=O)[O-])cc1)C1CC1. The molecule has 2 rings (SSSR count). The Balaban J connectivity index is 1.77. The lowest BCUT2D eigenvalue weighted by Gasteiger charge is -2.05. The van der Waals surface area contributed by atoms with Crippen molar-refractivity contribution in [1.82, 2.24) is 5.43 Å². The van der Waals surface area contributed by atoms with Gasteiger partial charge in [0.25, 0.3) is 11.6 Å². The van der Waals surface area contributed by atoms with Crippen LogP contribution in [0.2, 0.25) is 0 Å². The van der Waals surface area contributed by atoms with E-state index in [9.17, 15) is 14.9 Å². The second-order valence-electron chi connectivity index (χ2n) is 4.60. The molecule has 1 N–H and O–H groups in total. The molecule has 0 aromatic heterocycles. The number of hydrazone groups is 1. The van der Waals surface area contributed by atoms with Crippen molar-refractivity contribution in [1.29, 1.82) is 0 Å². The summed E-state index contributed by atoms with van der Waals surface area (Å²) < 4.78 is 5.21. The van der Waals surface area contributed by atoms with Crippen molar-refractivity contribution >= 4 is 17.3 Å². The smallest absolute Gasteiger partial charge is 0.277 e. The van der Waals surface area contributed by atoms with E-state index in [2.05, 4.69) is 10.5 Å². The largest absolute Gasteiger partial charge is 0.484 e. The second-order valence-corrected chi connectivity index (χ2v) is 4.60. The average molecular weight is 277 g/mol. The molecule has 1 aliphatic carbocycles. The van der Waals surface area contributed by atoms with Gasteiger partial charge in [-0.1, -0.05) is 0 Å². The molecule has 0 atom stereocenters. The number of nitrogens with zero attached hydrogens (tertiary/aromatic N) is 2. The van der Waals surface area contributed by atoms with Gasteiger partial charge in [0.2, 0.25) is 0 Å². The first kappa shape index (κ1) is 14.0. The minimum atomic E-state index is -0.494. The maximum absolute atomic E-state index is 11.5. The third kappa shape index (κ3) is 4.04. The van der Waals surface area contributed by atoms with Crippen molar-refractivity contribution in [2.24, 2.45) is 11.0 Å². The van der Waals surface area contributed by atoms with Crippen LogP contribution in [0, 0.1) is 16.0 Å². The van der Waals surface area contributed by atoms with Crippen LogP contribution in [0.25, 0.3) is 0 Å². The molecular formula is C13H15N3O4. The van der Waals surface area contributed by atoms with Crippen molar-refractivity contribution < 1.29 is 14.5 Å². The molecule has 0 spiro atoms. The Labute approximate surface area is 115 Å². The minimum Gasteiger partial charge on any atom is -0.484 e. The molecule has 20 heavy (non-hydrogen) atoms. The number of nitro benzene ring substituents is 1. The Hall–Kier alpha value is -2.44. The molecular weight excluding hydrogens is 262 g/mol. The summed E-state index contributed by atoms with van der Waals surface area (Å²) in [6, 6.07) is 5.54. The summed E-state index contributed by atoms with van der Waals surface area (Å²) in [4.78, 5) is 21.5. The Morgan fingerprint density at radius 1 is 1.45 bits per heavy atom. The van der Waals surface area contributed by atoms with E-state index in [1.807, 2.05) is 6.92 Å². The summed E-state index contributed by atoms with van der Waals surface area (Å²) in [6.45, 7) is 1.70. The lowest BCUT2D eigenvalue weighted by Crippen LogP contribution is -2.25. The van der Waals surface area contributed by atoms with E-state index in [4.69, 9.17) is 4.74 Å². The quantitative estimate of drug-likeness (QED) is 0.488. The lowest BCUT2D eigenvalue weighted by molar-refractivity contribution is -0.384. The summed E-state index contributed by atoms with van der Waals surface area (Å²) in [5, 5.41) is 14.5. The van der Waals surface area contributed by atoms with Crippen LogP contribution in [0.3, 0.4) is 0 Å².